The molecule has 5 heteroatoms. The van der Waals surface area contributed by atoms with Gasteiger partial charge in [-0.2, -0.15) is 0 Å². The minimum atomic E-state index is -0.996. The molecule has 0 radical (unpaired) electrons. The van der Waals surface area contributed by atoms with E-state index in [0.717, 1.165) is 0 Å². The SMILES string of the molecule is CCC[C@@H](NC(=O)C(C)CN)C(=O)O. The highest BCUT2D eigenvalue weighted by atomic mass is 16.4. The van der Waals surface area contributed by atoms with Gasteiger partial charge in [0.25, 0.3) is 0 Å². The van der Waals surface area contributed by atoms with Gasteiger partial charge in [-0.25, -0.2) is 4.79 Å². The average molecular weight is 202 g/mol. The molecule has 14 heavy (non-hydrogen) atoms. The Kier molecular flexibility index (Phi) is 5.87. The first-order valence-corrected chi connectivity index (χ1v) is 4.76. The third-order valence-electron chi connectivity index (χ3n) is 1.99. The van der Waals surface area contributed by atoms with Crippen molar-refractivity contribution < 1.29 is 14.7 Å². The van der Waals surface area contributed by atoms with Crippen LogP contribution in [0, 0.1) is 5.92 Å². The zero-order chi connectivity index (χ0) is 11.1. The Bertz CT molecular complexity index is 206. The summed E-state index contributed by atoms with van der Waals surface area (Å²) in [6, 6.07) is -0.790. The van der Waals surface area contributed by atoms with E-state index in [0.29, 0.717) is 12.8 Å². The van der Waals surface area contributed by atoms with Gasteiger partial charge in [-0.05, 0) is 6.42 Å². The third kappa shape index (κ3) is 4.23. The molecule has 0 spiro atoms. The number of hydrogen-bond donors (Lipinski definition) is 3. The van der Waals surface area contributed by atoms with Crippen LogP contribution in [-0.4, -0.2) is 29.6 Å². The van der Waals surface area contributed by atoms with Crippen molar-refractivity contribution in [3.63, 3.8) is 0 Å². The highest BCUT2D eigenvalue weighted by Gasteiger charge is 2.21. The van der Waals surface area contributed by atoms with E-state index in [-0.39, 0.29) is 18.4 Å². The van der Waals surface area contributed by atoms with Crippen molar-refractivity contribution in [1.29, 1.82) is 0 Å². The quantitative estimate of drug-likeness (QED) is 0.563. The minimum absolute atomic E-state index is 0.226. The molecule has 0 saturated heterocycles. The molecule has 5 nitrogen and oxygen atoms in total. The van der Waals surface area contributed by atoms with Crippen molar-refractivity contribution in [2.24, 2.45) is 11.7 Å². The van der Waals surface area contributed by atoms with Gasteiger partial charge < -0.3 is 16.2 Å². The number of carboxylic acids is 1. The molecule has 0 aliphatic rings. The number of nitrogens with two attached hydrogens (primary N) is 1. The van der Waals surface area contributed by atoms with Gasteiger partial charge in [-0.3, -0.25) is 4.79 Å². The van der Waals surface area contributed by atoms with Crippen LogP contribution in [-0.2, 0) is 9.59 Å². The highest BCUT2D eigenvalue weighted by Crippen LogP contribution is 1.99. The second-order valence-corrected chi connectivity index (χ2v) is 3.32. The summed E-state index contributed by atoms with van der Waals surface area (Å²) in [6.07, 6.45) is 1.16. The summed E-state index contributed by atoms with van der Waals surface area (Å²) in [7, 11) is 0. The lowest BCUT2D eigenvalue weighted by Gasteiger charge is -2.16. The molecule has 1 amide bonds. The fraction of sp³-hybridized carbons (Fsp3) is 0.778. The lowest BCUT2D eigenvalue weighted by molar-refractivity contribution is -0.142. The largest absolute Gasteiger partial charge is 0.480 e. The molecule has 0 aromatic carbocycles. The Morgan fingerprint density at radius 3 is 2.43 bits per heavy atom. The second-order valence-electron chi connectivity index (χ2n) is 3.32. The molecule has 0 bridgehead atoms. The Morgan fingerprint density at radius 2 is 2.07 bits per heavy atom. The van der Waals surface area contributed by atoms with Gasteiger partial charge in [0.1, 0.15) is 6.04 Å². The number of rotatable bonds is 6. The van der Waals surface area contributed by atoms with Gasteiger partial charge in [0.2, 0.25) is 5.91 Å². The molecule has 1 unspecified atom stereocenters. The van der Waals surface area contributed by atoms with Crippen LogP contribution in [0.2, 0.25) is 0 Å². The van der Waals surface area contributed by atoms with Crippen LogP contribution in [0.4, 0.5) is 0 Å². The van der Waals surface area contributed by atoms with E-state index >= 15 is 0 Å². The normalized spacial score (nSPS) is 14.5. The van der Waals surface area contributed by atoms with Crippen molar-refractivity contribution in [2.45, 2.75) is 32.7 Å². The van der Waals surface area contributed by atoms with Crippen LogP contribution >= 0.6 is 0 Å². The molecule has 2 atom stereocenters. The Morgan fingerprint density at radius 1 is 1.50 bits per heavy atom. The molecule has 0 aliphatic carbocycles. The first-order chi connectivity index (χ1) is 6.52. The maximum atomic E-state index is 11.3. The predicted octanol–water partition coefficient (Wildman–Crippen LogP) is -0.0493. The van der Waals surface area contributed by atoms with Crippen LogP contribution < -0.4 is 11.1 Å². The van der Waals surface area contributed by atoms with E-state index in [9.17, 15) is 9.59 Å². The van der Waals surface area contributed by atoms with Crippen molar-refractivity contribution in [3.8, 4) is 0 Å². The molecule has 0 rings (SSSR count). The number of aliphatic carboxylic acids is 1. The molecule has 0 heterocycles. The zero-order valence-corrected chi connectivity index (χ0v) is 8.62. The molecule has 82 valence electrons. The van der Waals surface area contributed by atoms with Crippen LogP contribution in [0.3, 0.4) is 0 Å². The summed E-state index contributed by atoms with van der Waals surface area (Å²) in [5.41, 5.74) is 5.29. The van der Waals surface area contributed by atoms with E-state index in [2.05, 4.69) is 5.32 Å². The molecule has 0 aromatic heterocycles. The number of carboxylic acid groups (broad SMARTS) is 1. The summed E-state index contributed by atoms with van der Waals surface area (Å²) in [5.74, 6) is -1.63. The van der Waals surface area contributed by atoms with E-state index in [1.54, 1.807) is 6.92 Å². The molecule has 0 aliphatic heterocycles. The van der Waals surface area contributed by atoms with E-state index in [1.807, 2.05) is 6.92 Å². The lowest BCUT2D eigenvalue weighted by atomic mass is 10.1. The highest BCUT2D eigenvalue weighted by molar-refractivity contribution is 5.84. The van der Waals surface area contributed by atoms with Crippen molar-refractivity contribution in [2.75, 3.05) is 6.54 Å². The van der Waals surface area contributed by atoms with Crippen LogP contribution in [0.1, 0.15) is 26.7 Å². The van der Waals surface area contributed by atoms with Gasteiger partial charge in [-0.1, -0.05) is 20.3 Å². The number of carbonyl (C=O) groups is 2. The lowest BCUT2D eigenvalue weighted by Crippen LogP contribution is -2.44. The van der Waals surface area contributed by atoms with Gasteiger partial charge in [0.15, 0.2) is 0 Å². The van der Waals surface area contributed by atoms with Crippen LogP contribution in [0.25, 0.3) is 0 Å². The molecule has 0 saturated carbocycles. The first kappa shape index (κ1) is 12.9. The van der Waals surface area contributed by atoms with E-state index in [1.165, 1.54) is 0 Å². The standard InChI is InChI=1S/C9H18N2O3/c1-3-4-7(9(13)14)11-8(12)6(2)5-10/h6-7H,3-5,10H2,1-2H3,(H,11,12)(H,13,14)/t6?,7-/m1/s1. The van der Waals surface area contributed by atoms with E-state index < -0.39 is 12.0 Å². The van der Waals surface area contributed by atoms with Crippen LogP contribution in [0.15, 0.2) is 0 Å². The number of carbonyl (C=O) groups excluding carboxylic acids is 1. The zero-order valence-electron chi connectivity index (χ0n) is 8.62. The van der Waals surface area contributed by atoms with Gasteiger partial charge in [0, 0.05) is 12.5 Å². The monoisotopic (exact) mass is 202 g/mol. The predicted molar refractivity (Wildman–Crippen MR) is 52.7 cm³/mol. The van der Waals surface area contributed by atoms with Crippen molar-refractivity contribution in [1.82, 2.24) is 5.32 Å². The summed E-state index contributed by atoms with van der Waals surface area (Å²) < 4.78 is 0. The topological polar surface area (TPSA) is 92.4 Å². The summed E-state index contributed by atoms with van der Waals surface area (Å²) in [4.78, 5) is 22.0. The molecule has 0 fully saturated rings. The van der Waals surface area contributed by atoms with Crippen molar-refractivity contribution in [3.05, 3.63) is 0 Å². The summed E-state index contributed by atoms with van der Waals surface area (Å²) in [5, 5.41) is 11.2. The summed E-state index contributed by atoms with van der Waals surface area (Å²) in [6.45, 7) is 3.76. The Labute approximate surface area is 83.7 Å². The van der Waals surface area contributed by atoms with Gasteiger partial charge >= 0.3 is 5.97 Å². The van der Waals surface area contributed by atoms with Crippen LogP contribution in [0.5, 0.6) is 0 Å². The fourth-order valence-corrected chi connectivity index (χ4v) is 0.967. The Hall–Kier alpha value is -1.10. The number of hydrogen-bond acceptors (Lipinski definition) is 3. The number of amides is 1. The van der Waals surface area contributed by atoms with Gasteiger partial charge in [-0.15, -0.1) is 0 Å². The molecular weight excluding hydrogens is 184 g/mol. The summed E-state index contributed by atoms with van der Waals surface area (Å²) >= 11 is 0. The van der Waals surface area contributed by atoms with Crippen molar-refractivity contribution >= 4 is 11.9 Å². The Balaban J connectivity index is 4.15. The fourth-order valence-electron chi connectivity index (χ4n) is 0.967. The maximum Gasteiger partial charge on any atom is 0.326 e. The minimum Gasteiger partial charge on any atom is -0.480 e. The van der Waals surface area contributed by atoms with E-state index in [4.69, 9.17) is 10.8 Å². The molecule has 0 aromatic rings. The number of nitrogens with one attached hydrogen (secondary N) is 1. The maximum absolute atomic E-state index is 11.3. The smallest absolute Gasteiger partial charge is 0.326 e. The first-order valence-electron chi connectivity index (χ1n) is 4.76. The second kappa shape index (κ2) is 6.37. The molecular formula is C9H18N2O3. The van der Waals surface area contributed by atoms with Gasteiger partial charge in [0.05, 0.1) is 0 Å². The average Bonchev–Trinajstić information content (AvgIpc) is 2.15. The molecule has 4 N–H and O–H groups in total. The third-order valence-corrected chi connectivity index (χ3v) is 1.99.